The van der Waals surface area contributed by atoms with Crippen LogP contribution in [0.3, 0.4) is 0 Å². The molecule has 2 aromatic rings. The summed E-state index contributed by atoms with van der Waals surface area (Å²) in [6.45, 7) is 2.59. The van der Waals surface area contributed by atoms with Crippen LogP contribution in [0.15, 0.2) is 42.5 Å². The molecule has 0 saturated carbocycles. The first kappa shape index (κ1) is 13.1. The van der Waals surface area contributed by atoms with E-state index in [9.17, 15) is 4.39 Å². The molecule has 0 amide bonds. The normalized spacial score (nSPS) is 21.1. The number of para-hydroxylation sites is 1. The van der Waals surface area contributed by atoms with E-state index in [2.05, 4.69) is 0 Å². The van der Waals surface area contributed by atoms with E-state index in [1.54, 1.807) is 12.1 Å². The minimum Gasteiger partial charge on any atom is -0.493 e. The number of fused-ring (bicyclic) bond motifs is 1. The minimum atomic E-state index is -0.493. The Balaban J connectivity index is 2.00. The SMILES string of the molecule is Cc1ccc(F)cc1CC1(N)CCOc2ccccc21. The summed E-state index contributed by atoms with van der Waals surface area (Å²) in [5.41, 5.74) is 9.17. The quantitative estimate of drug-likeness (QED) is 0.909. The third-order valence-corrected chi connectivity index (χ3v) is 4.05. The Hall–Kier alpha value is -1.87. The van der Waals surface area contributed by atoms with Gasteiger partial charge in [0.2, 0.25) is 0 Å². The van der Waals surface area contributed by atoms with Crippen LogP contribution < -0.4 is 10.5 Å². The van der Waals surface area contributed by atoms with E-state index in [0.29, 0.717) is 13.0 Å². The number of hydrogen-bond acceptors (Lipinski definition) is 2. The molecule has 1 heterocycles. The number of rotatable bonds is 2. The van der Waals surface area contributed by atoms with Gasteiger partial charge in [-0.05, 0) is 42.7 Å². The molecule has 0 spiro atoms. The average Bonchev–Trinajstić information content (AvgIpc) is 2.43. The summed E-state index contributed by atoms with van der Waals surface area (Å²) in [5, 5.41) is 0. The zero-order chi connectivity index (χ0) is 14.2. The molecule has 0 fully saturated rings. The van der Waals surface area contributed by atoms with Crippen LogP contribution in [-0.4, -0.2) is 6.61 Å². The lowest BCUT2D eigenvalue weighted by molar-refractivity contribution is 0.215. The standard InChI is InChI=1S/C17H18FNO/c1-12-6-7-14(18)10-13(12)11-17(19)8-9-20-16-5-3-2-4-15(16)17/h2-7,10H,8-9,11,19H2,1H3. The third-order valence-electron chi connectivity index (χ3n) is 4.05. The Morgan fingerprint density at radius 3 is 2.90 bits per heavy atom. The van der Waals surface area contributed by atoms with Crippen LogP contribution in [0.25, 0.3) is 0 Å². The molecule has 1 unspecified atom stereocenters. The van der Waals surface area contributed by atoms with Gasteiger partial charge in [-0.3, -0.25) is 0 Å². The molecule has 2 aromatic carbocycles. The van der Waals surface area contributed by atoms with E-state index in [0.717, 1.165) is 28.9 Å². The van der Waals surface area contributed by atoms with Crippen LogP contribution in [-0.2, 0) is 12.0 Å². The molecule has 2 N–H and O–H groups in total. The maximum atomic E-state index is 13.5. The van der Waals surface area contributed by atoms with Crippen LogP contribution in [0.1, 0.15) is 23.1 Å². The molecule has 1 aliphatic rings. The Bertz CT molecular complexity index is 641. The molecule has 1 aliphatic heterocycles. The maximum Gasteiger partial charge on any atom is 0.124 e. The van der Waals surface area contributed by atoms with Crippen LogP contribution in [0.5, 0.6) is 5.75 Å². The second kappa shape index (κ2) is 4.91. The highest BCUT2D eigenvalue weighted by Crippen LogP contribution is 2.37. The molecular weight excluding hydrogens is 253 g/mol. The van der Waals surface area contributed by atoms with Crippen LogP contribution in [0.2, 0.25) is 0 Å². The number of benzene rings is 2. The minimum absolute atomic E-state index is 0.213. The number of nitrogens with two attached hydrogens (primary N) is 1. The van der Waals surface area contributed by atoms with Crippen molar-refractivity contribution in [2.24, 2.45) is 5.73 Å². The van der Waals surface area contributed by atoms with Crippen molar-refractivity contribution < 1.29 is 9.13 Å². The van der Waals surface area contributed by atoms with Crippen LogP contribution in [0, 0.1) is 12.7 Å². The van der Waals surface area contributed by atoms with Gasteiger partial charge in [0, 0.05) is 12.0 Å². The molecule has 0 radical (unpaired) electrons. The molecule has 104 valence electrons. The van der Waals surface area contributed by atoms with Crippen molar-refractivity contribution in [3.05, 3.63) is 65.0 Å². The van der Waals surface area contributed by atoms with Gasteiger partial charge in [-0.1, -0.05) is 24.3 Å². The fraction of sp³-hybridized carbons (Fsp3) is 0.294. The van der Waals surface area contributed by atoms with Crippen molar-refractivity contribution in [2.45, 2.75) is 25.3 Å². The number of ether oxygens (including phenoxy) is 1. The van der Waals surface area contributed by atoms with Gasteiger partial charge < -0.3 is 10.5 Å². The lowest BCUT2D eigenvalue weighted by Gasteiger charge is -2.36. The molecule has 3 heteroatoms. The van der Waals surface area contributed by atoms with E-state index in [-0.39, 0.29) is 5.82 Å². The molecule has 20 heavy (non-hydrogen) atoms. The van der Waals surface area contributed by atoms with Gasteiger partial charge in [0.1, 0.15) is 11.6 Å². The van der Waals surface area contributed by atoms with Gasteiger partial charge >= 0.3 is 0 Å². The molecule has 1 atom stereocenters. The highest BCUT2D eigenvalue weighted by molar-refractivity contribution is 5.42. The summed E-state index contributed by atoms with van der Waals surface area (Å²) in [5.74, 6) is 0.629. The lowest BCUT2D eigenvalue weighted by Crippen LogP contribution is -2.43. The Labute approximate surface area is 118 Å². The van der Waals surface area contributed by atoms with Crippen LogP contribution in [0.4, 0.5) is 4.39 Å². The van der Waals surface area contributed by atoms with E-state index in [1.165, 1.54) is 6.07 Å². The van der Waals surface area contributed by atoms with Crippen molar-refractivity contribution in [3.8, 4) is 5.75 Å². The van der Waals surface area contributed by atoms with Crippen LogP contribution >= 0.6 is 0 Å². The van der Waals surface area contributed by atoms with E-state index < -0.39 is 5.54 Å². The zero-order valence-electron chi connectivity index (χ0n) is 11.5. The summed E-state index contributed by atoms with van der Waals surface area (Å²) in [6, 6.07) is 12.7. The topological polar surface area (TPSA) is 35.2 Å². The molecule has 0 aromatic heterocycles. The van der Waals surface area contributed by atoms with Gasteiger partial charge in [-0.25, -0.2) is 4.39 Å². The first-order valence-electron chi connectivity index (χ1n) is 6.85. The Kier molecular flexibility index (Phi) is 3.22. The summed E-state index contributed by atoms with van der Waals surface area (Å²) in [4.78, 5) is 0. The van der Waals surface area contributed by atoms with Gasteiger partial charge in [0.15, 0.2) is 0 Å². The average molecular weight is 271 g/mol. The third kappa shape index (κ3) is 2.29. The largest absolute Gasteiger partial charge is 0.493 e. The summed E-state index contributed by atoms with van der Waals surface area (Å²) in [6.07, 6.45) is 1.36. The fourth-order valence-electron chi connectivity index (χ4n) is 2.84. The van der Waals surface area contributed by atoms with E-state index in [1.807, 2.05) is 31.2 Å². The molecule has 2 nitrogen and oxygen atoms in total. The molecule has 0 bridgehead atoms. The number of hydrogen-bond donors (Lipinski definition) is 1. The molecule has 0 aliphatic carbocycles. The van der Waals surface area contributed by atoms with Crippen molar-refractivity contribution in [1.82, 2.24) is 0 Å². The summed E-state index contributed by atoms with van der Waals surface area (Å²) >= 11 is 0. The maximum absolute atomic E-state index is 13.5. The van der Waals surface area contributed by atoms with Gasteiger partial charge in [-0.2, -0.15) is 0 Å². The van der Waals surface area contributed by atoms with Crippen molar-refractivity contribution in [3.63, 3.8) is 0 Å². The van der Waals surface area contributed by atoms with Crippen molar-refractivity contribution in [2.75, 3.05) is 6.61 Å². The molecular formula is C17H18FNO. The predicted octanol–water partition coefficient (Wildman–Crippen LogP) is 3.31. The molecule has 0 saturated heterocycles. The summed E-state index contributed by atoms with van der Waals surface area (Å²) < 4.78 is 19.1. The second-order valence-corrected chi connectivity index (χ2v) is 5.50. The van der Waals surface area contributed by atoms with Gasteiger partial charge in [-0.15, -0.1) is 0 Å². The predicted molar refractivity (Wildman–Crippen MR) is 77.3 cm³/mol. The summed E-state index contributed by atoms with van der Waals surface area (Å²) in [7, 11) is 0. The number of aryl methyl sites for hydroxylation is 1. The van der Waals surface area contributed by atoms with E-state index >= 15 is 0 Å². The van der Waals surface area contributed by atoms with E-state index in [4.69, 9.17) is 10.5 Å². The Morgan fingerprint density at radius 1 is 1.25 bits per heavy atom. The molecule has 3 rings (SSSR count). The second-order valence-electron chi connectivity index (χ2n) is 5.50. The van der Waals surface area contributed by atoms with Crippen molar-refractivity contribution >= 4 is 0 Å². The van der Waals surface area contributed by atoms with Gasteiger partial charge in [0.05, 0.1) is 12.1 Å². The first-order valence-corrected chi connectivity index (χ1v) is 6.85. The number of halogens is 1. The fourth-order valence-corrected chi connectivity index (χ4v) is 2.84. The van der Waals surface area contributed by atoms with Gasteiger partial charge in [0.25, 0.3) is 0 Å². The Morgan fingerprint density at radius 2 is 2.05 bits per heavy atom. The smallest absolute Gasteiger partial charge is 0.124 e. The zero-order valence-corrected chi connectivity index (χ0v) is 11.5. The highest BCUT2D eigenvalue weighted by atomic mass is 19.1. The monoisotopic (exact) mass is 271 g/mol. The van der Waals surface area contributed by atoms with Crippen molar-refractivity contribution in [1.29, 1.82) is 0 Å². The lowest BCUT2D eigenvalue weighted by atomic mass is 9.79. The first-order chi connectivity index (χ1) is 9.58. The highest BCUT2D eigenvalue weighted by Gasteiger charge is 2.34.